The average molecular weight is 326 g/mol. The predicted molar refractivity (Wildman–Crippen MR) is 78.6 cm³/mol. The van der Waals surface area contributed by atoms with E-state index >= 15 is 0 Å². The molecule has 0 aromatic rings. The van der Waals surface area contributed by atoms with Crippen LogP contribution in [0, 0.1) is 12.3 Å². The predicted octanol–water partition coefficient (Wildman–Crippen LogP) is 2.29. The van der Waals surface area contributed by atoms with E-state index in [0.29, 0.717) is 0 Å². The maximum absolute atomic E-state index is 6.79. The molecular weight excluding hydrogens is 296 g/mol. The molecule has 0 saturated carbocycles. The van der Waals surface area contributed by atoms with Crippen LogP contribution in [0.4, 0.5) is 0 Å². The quantitative estimate of drug-likeness (QED) is 0.223. The van der Waals surface area contributed by atoms with E-state index in [2.05, 4.69) is 12.8 Å². The first-order valence-corrected chi connectivity index (χ1v) is 7.31. The van der Waals surface area contributed by atoms with Gasteiger partial charge in [0.2, 0.25) is 0 Å². The van der Waals surface area contributed by atoms with Gasteiger partial charge >= 0.3 is 23.1 Å². The summed E-state index contributed by atoms with van der Waals surface area (Å²) in [4.78, 5) is 0. The Morgan fingerprint density at radius 2 is 1.00 bits per heavy atom. The molecule has 0 aromatic carbocycles. The fraction of sp³-hybridized carbons (Fsp3) is 0.875. The Labute approximate surface area is 142 Å². The number of hydrogen-bond donors (Lipinski definition) is 0. The second-order valence-electron chi connectivity index (χ2n) is 4.82. The third-order valence-electron chi connectivity index (χ3n) is 3.16. The summed E-state index contributed by atoms with van der Waals surface area (Å²) < 4.78 is 0. The van der Waals surface area contributed by atoms with Crippen molar-refractivity contribution in [1.29, 1.82) is 0 Å². The minimum absolute atomic E-state index is 0. The number of rotatable bonds is 12. The summed E-state index contributed by atoms with van der Waals surface area (Å²) in [5, 5.41) is 0. The third-order valence-corrected chi connectivity index (χ3v) is 3.16. The van der Waals surface area contributed by atoms with Crippen LogP contribution < -0.4 is 17.0 Å². The average Bonchev–Trinajstić information content (AvgIpc) is 2.31. The van der Waals surface area contributed by atoms with Gasteiger partial charge in [0.25, 0.3) is 0 Å². The van der Waals surface area contributed by atoms with Crippen molar-refractivity contribution in [2.75, 3.05) is 0 Å². The largest absolute Gasteiger partial charge is 2.00 e. The topological polar surface area (TPSA) is 0 Å². The minimum atomic E-state index is 0. The van der Waals surface area contributed by atoms with Gasteiger partial charge in [0.1, 0.15) is 0 Å². The molecule has 0 spiro atoms. The van der Waals surface area contributed by atoms with E-state index in [-0.39, 0.29) is 40.0 Å². The van der Waals surface area contributed by atoms with Crippen LogP contribution in [0.15, 0.2) is 0 Å². The molecule has 0 radical (unpaired) electrons. The summed E-state index contributed by atoms with van der Waals surface area (Å²) in [5.41, 5.74) is 0. The van der Waals surface area contributed by atoms with E-state index in [1.165, 1.54) is 77.0 Å². The Balaban J connectivity index is -0.00000112. The fourth-order valence-corrected chi connectivity index (χ4v) is 2.05. The van der Waals surface area contributed by atoms with Crippen LogP contribution >= 0.6 is 0 Å². The van der Waals surface area contributed by atoms with E-state index in [4.69, 9.17) is 6.42 Å². The van der Waals surface area contributed by atoms with Gasteiger partial charge in [0, 0.05) is 0 Å². The van der Waals surface area contributed by atoms with Crippen LogP contribution in [0.1, 0.15) is 90.4 Å². The molecule has 0 bridgehead atoms. The van der Waals surface area contributed by atoms with E-state index < -0.39 is 0 Å². The molecule has 0 aliphatic heterocycles. The SMILES string of the molecule is [Br-].[C-]#CCCCCCCCCCCCCCC.[Mg+2]. The molecule has 0 unspecified atom stereocenters. The van der Waals surface area contributed by atoms with Crippen LogP contribution in [0.2, 0.25) is 0 Å². The fourth-order valence-electron chi connectivity index (χ4n) is 2.05. The van der Waals surface area contributed by atoms with E-state index in [9.17, 15) is 0 Å². The zero-order valence-corrected chi connectivity index (χ0v) is 15.3. The second-order valence-corrected chi connectivity index (χ2v) is 4.82. The van der Waals surface area contributed by atoms with Gasteiger partial charge in [0.15, 0.2) is 0 Å². The van der Waals surface area contributed by atoms with Crippen molar-refractivity contribution in [2.45, 2.75) is 90.4 Å². The normalized spacial score (nSPS) is 9.11. The molecule has 0 N–H and O–H groups in total. The number of hydrogen-bond acceptors (Lipinski definition) is 0. The second kappa shape index (κ2) is 22.9. The van der Waals surface area contributed by atoms with Crippen LogP contribution in [0.5, 0.6) is 0 Å². The summed E-state index contributed by atoms with van der Waals surface area (Å²) in [6, 6.07) is 0. The monoisotopic (exact) mass is 324 g/mol. The molecule has 18 heavy (non-hydrogen) atoms. The zero-order chi connectivity index (χ0) is 11.9. The van der Waals surface area contributed by atoms with Gasteiger partial charge in [-0.05, 0) is 12.8 Å². The molecule has 0 rings (SSSR count). The number of unbranched alkanes of at least 4 members (excludes halogenated alkanes) is 12. The molecule has 0 saturated heterocycles. The maximum Gasteiger partial charge on any atom is 2.00 e. The van der Waals surface area contributed by atoms with Crippen molar-refractivity contribution in [3.05, 3.63) is 6.42 Å². The smallest absolute Gasteiger partial charge is 1.00 e. The van der Waals surface area contributed by atoms with Gasteiger partial charge < -0.3 is 29.3 Å². The number of halogens is 1. The van der Waals surface area contributed by atoms with Crippen molar-refractivity contribution < 1.29 is 17.0 Å². The van der Waals surface area contributed by atoms with E-state index in [1.54, 1.807) is 0 Å². The molecule has 0 aliphatic rings. The molecule has 0 aliphatic carbocycles. The van der Waals surface area contributed by atoms with Gasteiger partial charge in [0.05, 0.1) is 0 Å². The van der Waals surface area contributed by atoms with Gasteiger partial charge in [-0.3, -0.25) is 0 Å². The van der Waals surface area contributed by atoms with Gasteiger partial charge in [-0.15, -0.1) is 0 Å². The van der Waals surface area contributed by atoms with Crippen molar-refractivity contribution >= 4 is 23.1 Å². The molecule has 2 heteroatoms. The summed E-state index contributed by atoms with van der Waals surface area (Å²) >= 11 is 0. The molecule has 0 fully saturated rings. The van der Waals surface area contributed by atoms with Crippen molar-refractivity contribution in [3.8, 4) is 5.92 Å². The molecule has 0 nitrogen and oxygen atoms in total. The van der Waals surface area contributed by atoms with Crippen LogP contribution in [0.25, 0.3) is 0 Å². The first-order valence-electron chi connectivity index (χ1n) is 7.31. The minimum Gasteiger partial charge on any atom is -1.00 e. The van der Waals surface area contributed by atoms with Gasteiger partial charge in [-0.1, -0.05) is 77.6 Å². The Hall–Kier alpha value is 0.806. The van der Waals surface area contributed by atoms with Crippen molar-refractivity contribution in [2.24, 2.45) is 0 Å². The van der Waals surface area contributed by atoms with Crippen LogP contribution in [0.3, 0.4) is 0 Å². The van der Waals surface area contributed by atoms with Crippen LogP contribution in [-0.4, -0.2) is 23.1 Å². The summed E-state index contributed by atoms with van der Waals surface area (Å²) in [6.07, 6.45) is 24.3. The Kier molecular flexibility index (Phi) is 30.4. The zero-order valence-electron chi connectivity index (χ0n) is 12.3. The summed E-state index contributed by atoms with van der Waals surface area (Å²) in [6.45, 7) is 2.27. The molecule has 0 heterocycles. The van der Waals surface area contributed by atoms with Crippen molar-refractivity contribution in [3.63, 3.8) is 0 Å². The first-order chi connectivity index (χ1) is 7.91. The standard InChI is InChI=1S/C16H29.BrH.Mg/c1-3-5-7-9-11-13-15-16-14-12-10-8-6-4-2;;/h3,5-16H2,1H3;1H;/q-1;;+2/p-1. The Morgan fingerprint density at radius 1 is 0.667 bits per heavy atom. The molecule has 0 atom stereocenters. The van der Waals surface area contributed by atoms with Gasteiger partial charge in [-0.2, -0.15) is 0 Å². The Morgan fingerprint density at radius 3 is 1.33 bits per heavy atom. The summed E-state index contributed by atoms with van der Waals surface area (Å²) in [7, 11) is 0. The summed E-state index contributed by atoms with van der Waals surface area (Å²) in [5.74, 6) is 2.45. The third kappa shape index (κ3) is 22.0. The van der Waals surface area contributed by atoms with Crippen molar-refractivity contribution in [1.82, 2.24) is 0 Å². The molecule has 0 amide bonds. The Bertz CT molecular complexity index is 163. The van der Waals surface area contributed by atoms with E-state index in [0.717, 1.165) is 6.42 Å². The van der Waals surface area contributed by atoms with E-state index in [1.807, 2.05) is 0 Å². The molecule has 0 aromatic heterocycles. The van der Waals surface area contributed by atoms with Gasteiger partial charge in [-0.25, -0.2) is 0 Å². The molecule has 102 valence electrons. The van der Waals surface area contributed by atoms with Crippen LogP contribution in [-0.2, 0) is 0 Å². The molecular formula is C16H29BrMg. The first kappa shape index (κ1) is 23.9. The maximum atomic E-state index is 6.79.